The normalized spacial score (nSPS) is 15.8. The van der Waals surface area contributed by atoms with E-state index in [0.29, 0.717) is 19.8 Å². The fraction of sp³-hybridized carbons (Fsp3) is 0.733. The van der Waals surface area contributed by atoms with Crippen LogP contribution in [0.1, 0.15) is 33.1 Å². The molecule has 5 nitrogen and oxygen atoms in total. The Morgan fingerprint density at radius 1 is 1.10 bits per heavy atom. The summed E-state index contributed by atoms with van der Waals surface area (Å²) in [5.41, 5.74) is 0. The molecule has 4 amide bonds. The predicted octanol–water partition coefficient (Wildman–Crippen LogP) is 3.23. The molecule has 21 heavy (non-hydrogen) atoms. The van der Waals surface area contributed by atoms with Gasteiger partial charge in [0, 0.05) is 13.1 Å². The molecule has 0 bridgehead atoms. The summed E-state index contributed by atoms with van der Waals surface area (Å²) < 4.78 is 0. The van der Waals surface area contributed by atoms with E-state index in [-0.39, 0.29) is 18.6 Å². The third-order valence-corrected chi connectivity index (χ3v) is 4.49. The number of rotatable bonds is 10. The lowest BCUT2D eigenvalue weighted by molar-refractivity contribution is 0.0815. The number of urea groups is 2. The van der Waals surface area contributed by atoms with Gasteiger partial charge in [0.05, 0.1) is 13.2 Å². The average molecular weight is 313 g/mol. The third-order valence-electron chi connectivity index (χ3n) is 3.21. The number of amides is 4. The van der Waals surface area contributed by atoms with Crippen molar-refractivity contribution in [3.8, 4) is 0 Å². The molecule has 0 aromatic heterocycles. The van der Waals surface area contributed by atoms with Crippen LogP contribution in [0.2, 0.25) is 0 Å². The molecular weight excluding hydrogens is 286 g/mol. The van der Waals surface area contributed by atoms with E-state index >= 15 is 0 Å². The van der Waals surface area contributed by atoms with Crippen molar-refractivity contribution >= 4 is 23.8 Å². The van der Waals surface area contributed by atoms with E-state index in [1.165, 1.54) is 11.3 Å². The second-order valence-electron chi connectivity index (χ2n) is 5.10. The zero-order valence-electron chi connectivity index (χ0n) is 13.2. The van der Waals surface area contributed by atoms with Crippen LogP contribution in [0, 0.1) is 0 Å². The highest BCUT2D eigenvalue weighted by Gasteiger charge is 2.35. The number of hydrogen-bond acceptors (Lipinski definition) is 3. The van der Waals surface area contributed by atoms with Gasteiger partial charge in [-0.2, -0.15) is 11.8 Å². The molecular formula is C15H27N3O2S. The number of carbonyl (C=O) groups is 2. The summed E-state index contributed by atoms with van der Waals surface area (Å²) in [5.74, 6) is 2.22. The first-order chi connectivity index (χ1) is 10.2. The van der Waals surface area contributed by atoms with Crippen LogP contribution in [0.4, 0.5) is 9.59 Å². The Labute approximate surface area is 132 Å². The molecule has 0 unspecified atom stereocenters. The number of thioether (sulfide) groups is 1. The monoisotopic (exact) mass is 313 g/mol. The topological polar surface area (TPSA) is 43.9 Å². The summed E-state index contributed by atoms with van der Waals surface area (Å²) in [6.45, 7) is 9.91. The molecule has 1 aliphatic rings. The van der Waals surface area contributed by atoms with E-state index in [9.17, 15) is 9.59 Å². The van der Waals surface area contributed by atoms with E-state index in [4.69, 9.17) is 0 Å². The van der Waals surface area contributed by atoms with Gasteiger partial charge in [-0.05, 0) is 30.8 Å². The number of nitrogens with zero attached hydrogens (tertiary/aromatic N) is 3. The quantitative estimate of drug-likeness (QED) is 0.459. The molecule has 1 aliphatic heterocycles. The minimum Gasteiger partial charge on any atom is -0.306 e. The maximum atomic E-state index is 12.3. The van der Waals surface area contributed by atoms with Crippen molar-refractivity contribution in [3.05, 3.63) is 12.7 Å². The van der Waals surface area contributed by atoms with Crippen molar-refractivity contribution in [2.45, 2.75) is 33.1 Å². The highest BCUT2D eigenvalue weighted by Crippen LogP contribution is 2.15. The van der Waals surface area contributed by atoms with Gasteiger partial charge >= 0.3 is 12.1 Å². The molecule has 6 heteroatoms. The zero-order chi connectivity index (χ0) is 15.7. The van der Waals surface area contributed by atoms with Crippen LogP contribution in [-0.2, 0) is 0 Å². The smallest absolute Gasteiger partial charge is 0.306 e. The fourth-order valence-electron chi connectivity index (χ4n) is 2.24. The Hall–Kier alpha value is -1.17. The van der Waals surface area contributed by atoms with Crippen LogP contribution in [0.3, 0.4) is 0 Å². The molecule has 1 rings (SSSR count). The molecule has 0 spiro atoms. The SMILES string of the molecule is C=CCN1C(=O)N(CCC)CN(CCCSCCC)C1=O. The highest BCUT2D eigenvalue weighted by molar-refractivity contribution is 7.99. The van der Waals surface area contributed by atoms with Crippen molar-refractivity contribution < 1.29 is 9.59 Å². The molecule has 0 aromatic carbocycles. The van der Waals surface area contributed by atoms with Crippen molar-refractivity contribution in [3.63, 3.8) is 0 Å². The summed E-state index contributed by atoms with van der Waals surface area (Å²) in [5, 5.41) is 0. The second kappa shape index (κ2) is 9.71. The van der Waals surface area contributed by atoms with E-state index < -0.39 is 0 Å². The van der Waals surface area contributed by atoms with Gasteiger partial charge in [-0.15, -0.1) is 6.58 Å². The molecule has 0 N–H and O–H groups in total. The molecule has 0 aromatic rings. The Bertz CT molecular complexity index is 363. The van der Waals surface area contributed by atoms with Gasteiger partial charge in [0.2, 0.25) is 0 Å². The van der Waals surface area contributed by atoms with Crippen molar-refractivity contribution in [2.75, 3.05) is 37.8 Å². The molecule has 1 saturated heterocycles. The van der Waals surface area contributed by atoms with Gasteiger partial charge in [0.1, 0.15) is 0 Å². The molecule has 120 valence electrons. The average Bonchev–Trinajstić information content (AvgIpc) is 2.48. The highest BCUT2D eigenvalue weighted by atomic mass is 32.2. The Kier molecular flexibility index (Phi) is 8.27. The van der Waals surface area contributed by atoms with E-state index in [2.05, 4.69) is 13.5 Å². The lowest BCUT2D eigenvalue weighted by Crippen LogP contribution is -2.61. The van der Waals surface area contributed by atoms with E-state index in [0.717, 1.165) is 24.3 Å². The van der Waals surface area contributed by atoms with Crippen LogP contribution < -0.4 is 0 Å². The zero-order valence-corrected chi connectivity index (χ0v) is 14.0. The first kappa shape index (κ1) is 17.9. The summed E-state index contributed by atoms with van der Waals surface area (Å²) in [6, 6.07) is -0.383. The van der Waals surface area contributed by atoms with Gasteiger partial charge in [-0.25, -0.2) is 14.5 Å². The molecule has 0 aliphatic carbocycles. The van der Waals surface area contributed by atoms with Crippen molar-refractivity contribution in [1.29, 1.82) is 0 Å². The van der Waals surface area contributed by atoms with Gasteiger partial charge in [-0.1, -0.05) is 19.9 Å². The van der Waals surface area contributed by atoms with Gasteiger partial charge in [0.15, 0.2) is 0 Å². The standard InChI is InChI=1S/C15H27N3O2S/c1-4-8-16-13-17(10-7-12-21-11-6-3)15(20)18(9-5-2)14(16)19/h5H,2,4,6-13H2,1,3H3. The van der Waals surface area contributed by atoms with E-state index in [1.807, 2.05) is 18.7 Å². The fourth-order valence-corrected chi connectivity index (χ4v) is 3.07. The molecule has 0 radical (unpaired) electrons. The van der Waals surface area contributed by atoms with Crippen LogP contribution in [0.5, 0.6) is 0 Å². The maximum Gasteiger partial charge on any atom is 0.329 e. The van der Waals surface area contributed by atoms with Crippen LogP contribution >= 0.6 is 11.8 Å². The van der Waals surface area contributed by atoms with Crippen LogP contribution in [0.15, 0.2) is 12.7 Å². The Morgan fingerprint density at radius 2 is 1.76 bits per heavy atom. The summed E-state index contributed by atoms with van der Waals surface area (Å²) in [4.78, 5) is 29.4. The van der Waals surface area contributed by atoms with Crippen molar-refractivity contribution in [1.82, 2.24) is 14.7 Å². The molecule has 0 saturated carbocycles. The van der Waals surface area contributed by atoms with Gasteiger partial charge < -0.3 is 9.80 Å². The number of imide groups is 1. The lowest BCUT2D eigenvalue weighted by Gasteiger charge is -2.40. The lowest BCUT2D eigenvalue weighted by atomic mass is 10.3. The largest absolute Gasteiger partial charge is 0.329 e. The summed E-state index contributed by atoms with van der Waals surface area (Å²) in [6.07, 6.45) is 4.63. The minimum atomic E-state index is -0.196. The third kappa shape index (κ3) is 5.26. The Balaban J connectivity index is 2.58. The van der Waals surface area contributed by atoms with Crippen molar-refractivity contribution in [2.24, 2.45) is 0 Å². The molecule has 1 heterocycles. The Morgan fingerprint density at radius 3 is 2.33 bits per heavy atom. The van der Waals surface area contributed by atoms with Gasteiger partial charge in [-0.3, -0.25) is 0 Å². The van der Waals surface area contributed by atoms with Crippen LogP contribution in [0.25, 0.3) is 0 Å². The van der Waals surface area contributed by atoms with Gasteiger partial charge in [0.25, 0.3) is 0 Å². The number of carbonyl (C=O) groups excluding carboxylic acids is 2. The van der Waals surface area contributed by atoms with E-state index in [1.54, 1.807) is 15.9 Å². The van der Waals surface area contributed by atoms with Crippen LogP contribution in [-0.4, -0.2) is 64.6 Å². The predicted molar refractivity (Wildman–Crippen MR) is 88.5 cm³/mol. The summed E-state index contributed by atoms with van der Waals surface area (Å²) in [7, 11) is 0. The first-order valence-electron chi connectivity index (χ1n) is 7.69. The first-order valence-corrected chi connectivity index (χ1v) is 8.85. The maximum absolute atomic E-state index is 12.3. The molecule has 0 atom stereocenters. The number of hydrogen-bond donors (Lipinski definition) is 0. The minimum absolute atomic E-state index is 0.187. The summed E-state index contributed by atoms with van der Waals surface area (Å²) >= 11 is 1.92. The second-order valence-corrected chi connectivity index (χ2v) is 6.32. The molecule has 1 fully saturated rings.